The quantitative estimate of drug-likeness (QED) is 0.181. The molecule has 5 heterocycles. The Morgan fingerprint density at radius 2 is 1.11 bits per heavy atom. The molecule has 0 saturated carbocycles. The number of furan rings is 2. The van der Waals surface area contributed by atoms with Gasteiger partial charge in [-0.05, 0) is 77.9 Å². The third-order valence-corrected chi connectivity index (χ3v) is 12.6. The molecule has 0 spiro atoms. The minimum Gasteiger partial charge on any atom is -0.456 e. The first-order valence-electron chi connectivity index (χ1n) is 18.7. The van der Waals surface area contributed by atoms with Crippen molar-refractivity contribution in [2.24, 2.45) is 0 Å². The summed E-state index contributed by atoms with van der Waals surface area (Å²) in [6.07, 6.45) is 0. The zero-order valence-electron chi connectivity index (χ0n) is 29.7. The molecule has 260 valence electrons. The van der Waals surface area contributed by atoms with Crippen molar-refractivity contribution in [2.45, 2.75) is 9.79 Å². The standard InChI is InChI=1S/C50H27N3O2S/c1-5-19-38-29(11-1)30-12-2-6-20-39(30)53(38)40-24-26-44-45-32(15-9-17-34(40)45)33-16-10-18-36(49(33)56-44)50-51-46(48-47(52-50)35-14-4-8-22-42(35)55-48)28-23-25-43-37(27-28)31-13-3-7-21-41(31)54-43/h1-27H. The summed E-state index contributed by atoms with van der Waals surface area (Å²) < 4.78 is 15.2. The second-order valence-electron chi connectivity index (χ2n) is 14.4. The first-order chi connectivity index (χ1) is 27.8. The van der Waals surface area contributed by atoms with Crippen molar-refractivity contribution >= 4 is 88.3 Å². The Hall–Kier alpha value is -7.15. The highest BCUT2D eigenvalue weighted by Crippen LogP contribution is 2.52. The number of benzene rings is 8. The van der Waals surface area contributed by atoms with Crippen molar-refractivity contribution in [2.75, 3.05) is 0 Å². The topological polar surface area (TPSA) is 57.0 Å². The van der Waals surface area contributed by atoms with Gasteiger partial charge < -0.3 is 13.4 Å². The maximum Gasteiger partial charge on any atom is 0.180 e. The molecule has 0 unspecified atom stereocenters. The van der Waals surface area contributed by atoms with Gasteiger partial charge in [0.05, 0.1) is 16.7 Å². The molecule has 0 N–H and O–H groups in total. The maximum absolute atomic E-state index is 6.55. The van der Waals surface area contributed by atoms with Crippen LogP contribution in [-0.2, 0) is 0 Å². The molecule has 0 amide bonds. The lowest BCUT2D eigenvalue weighted by Gasteiger charge is -2.24. The van der Waals surface area contributed by atoms with Crippen LogP contribution in [0.3, 0.4) is 0 Å². The fraction of sp³-hybridized carbons (Fsp3) is 0. The summed E-state index contributed by atoms with van der Waals surface area (Å²) in [5.74, 6) is 0.665. The van der Waals surface area contributed by atoms with E-state index in [4.69, 9.17) is 18.8 Å². The summed E-state index contributed by atoms with van der Waals surface area (Å²) in [4.78, 5) is 13.0. The summed E-state index contributed by atoms with van der Waals surface area (Å²) in [6.45, 7) is 0. The molecule has 13 rings (SSSR count). The van der Waals surface area contributed by atoms with E-state index in [1.165, 1.54) is 54.3 Å². The number of rotatable bonds is 3. The van der Waals surface area contributed by atoms with Crippen molar-refractivity contribution < 1.29 is 8.83 Å². The van der Waals surface area contributed by atoms with Gasteiger partial charge in [-0.2, -0.15) is 0 Å². The Morgan fingerprint density at radius 1 is 0.464 bits per heavy atom. The van der Waals surface area contributed by atoms with Crippen LogP contribution in [0.15, 0.2) is 182 Å². The van der Waals surface area contributed by atoms with Crippen LogP contribution >= 0.6 is 11.8 Å². The Kier molecular flexibility index (Phi) is 6.04. The monoisotopic (exact) mass is 733 g/mol. The van der Waals surface area contributed by atoms with Gasteiger partial charge in [0.2, 0.25) is 0 Å². The molecule has 5 nitrogen and oxygen atoms in total. The van der Waals surface area contributed by atoms with Gasteiger partial charge in [0.25, 0.3) is 0 Å². The highest BCUT2D eigenvalue weighted by Gasteiger charge is 2.27. The highest BCUT2D eigenvalue weighted by atomic mass is 32.2. The fourth-order valence-electron chi connectivity index (χ4n) is 8.97. The van der Waals surface area contributed by atoms with Gasteiger partial charge in [0.1, 0.15) is 28.0 Å². The van der Waals surface area contributed by atoms with E-state index in [2.05, 4.69) is 126 Å². The van der Waals surface area contributed by atoms with Crippen LogP contribution in [0.1, 0.15) is 0 Å². The predicted molar refractivity (Wildman–Crippen MR) is 229 cm³/mol. The van der Waals surface area contributed by atoms with Crippen LogP contribution in [0, 0.1) is 0 Å². The third-order valence-electron chi connectivity index (χ3n) is 11.4. The molecular weight excluding hydrogens is 707 g/mol. The summed E-state index contributed by atoms with van der Waals surface area (Å²) in [7, 11) is 0. The number of nitrogens with zero attached hydrogens (tertiary/aromatic N) is 3. The van der Waals surface area contributed by atoms with Crippen molar-refractivity contribution in [1.29, 1.82) is 0 Å². The van der Waals surface area contributed by atoms with E-state index in [0.717, 1.165) is 60.1 Å². The zero-order valence-corrected chi connectivity index (χ0v) is 30.5. The SMILES string of the molecule is c1cc(-c2nc(-c3ccc4oc5ccccc5c4c3)c3oc4ccccc4c3n2)c2c(c1)-c1cccc3c(-n4c5ccccc5c5ccccc54)ccc(c13)S2. The summed E-state index contributed by atoms with van der Waals surface area (Å²) >= 11 is 1.80. The molecule has 0 aliphatic carbocycles. The van der Waals surface area contributed by atoms with Crippen molar-refractivity contribution in [1.82, 2.24) is 14.5 Å². The molecule has 12 aromatic rings. The molecule has 0 saturated heterocycles. The van der Waals surface area contributed by atoms with Gasteiger partial charge in [0.15, 0.2) is 11.4 Å². The molecule has 1 aliphatic heterocycles. The van der Waals surface area contributed by atoms with E-state index in [1.54, 1.807) is 11.8 Å². The zero-order chi connectivity index (χ0) is 36.5. The lowest BCUT2D eigenvalue weighted by atomic mass is 9.95. The minimum absolute atomic E-state index is 0.665. The number of hydrogen-bond donors (Lipinski definition) is 0. The average molecular weight is 734 g/mol. The van der Waals surface area contributed by atoms with Gasteiger partial charge in [-0.25, -0.2) is 9.97 Å². The number of para-hydroxylation sites is 4. The van der Waals surface area contributed by atoms with Gasteiger partial charge in [-0.15, -0.1) is 0 Å². The number of fused-ring (bicyclic) bond motifs is 11. The first-order valence-corrected chi connectivity index (χ1v) is 19.6. The summed E-state index contributed by atoms with van der Waals surface area (Å²) in [5, 5.41) is 8.08. The lowest BCUT2D eigenvalue weighted by molar-refractivity contribution is 0.666. The maximum atomic E-state index is 6.55. The van der Waals surface area contributed by atoms with E-state index in [1.807, 2.05) is 42.5 Å². The van der Waals surface area contributed by atoms with Crippen LogP contribution in [0.25, 0.3) is 116 Å². The van der Waals surface area contributed by atoms with E-state index in [0.29, 0.717) is 11.4 Å². The predicted octanol–water partition coefficient (Wildman–Crippen LogP) is 14.0. The van der Waals surface area contributed by atoms with Crippen molar-refractivity contribution in [3.63, 3.8) is 0 Å². The molecule has 0 radical (unpaired) electrons. The molecule has 4 aromatic heterocycles. The van der Waals surface area contributed by atoms with Crippen LogP contribution in [-0.4, -0.2) is 14.5 Å². The van der Waals surface area contributed by atoms with Gasteiger partial charge in [0, 0.05) is 58.6 Å². The van der Waals surface area contributed by atoms with E-state index in [-0.39, 0.29) is 0 Å². The van der Waals surface area contributed by atoms with Gasteiger partial charge in [-0.3, -0.25) is 0 Å². The molecule has 0 bridgehead atoms. The van der Waals surface area contributed by atoms with E-state index < -0.39 is 0 Å². The Labute approximate surface area is 323 Å². The largest absolute Gasteiger partial charge is 0.456 e. The second-order valence-corrected chi connectivity index (χ2v) is 15.5. The lowest BCUT2D eigenvalue weighted by Crippen LogP contribution is -2.01. The fourth-order valence-corrected chi connectivity index (χ4v) is 10.2. The highest BCUT2D eigenvalue weighted by molar-refractivity contribution is 8.00. The van der Waals surface area contributed by atoms with Crippen LogP contribution in [0.4, 0.5) is 0 Å². The first kappa shape index (κ1) is 30.2. The molecule has 1 aliphatic rings. The minimum atomic E-state index is 0.665. The molecule has 0 atom stereocenters. The van der Waals surface area contributed by atoms with Crippen molar-refractivity contribution in [3.05, 3.63) is 164 Å². The van der Waals surface area contributed by atoms with Gasteiger partial charge in [-0.1, -0.05) is 109 Å². The average Bonchev–Trinajstić information content (AvgIpc) is 3.93. The van der Waals surface area contributed by atoms with Crippen molar-refractivity contribution in [3.8, 4) is 39.5 Å². The molecular formula is C50H27N3O2S. The molecule has 6 heteroatoms. The van der Waals surface area contributed by atoms with Crippen LogP contribution < -0.4 is 0 Å². The molecule has 8 aromatic carbocycles. The number of hydrogen-bond acceptors (Lipinski definition) is 5. The molecule has 0 fully saturated rings. The normalized spacial score (nSPS) is 12.6. The third kappa shape index (κ3) is 4.11. The smallest absolute Gasteiger partial charge is 0.180 e. The van der Waals surface area contributed by atoms with E-state index in [9.17, 15) is 0 Å². The Morgan fingerprint density at radius 3 is 1.93 bits per heavy atom. The Bertz CT molecular complexity index is 3590. The van der Waals surface area contributed by atoms with Crippen LogP contribution in [0.2, 0.25) is 0 Å². The number of aromatic nitrogens is 3. The summed E-state index contributed by atoms with van der Waals surface area (Å²) in [6, 6.07) is 57.8. The Balaban J connectivity index is 1.03. The second kappa shape index (κ2) is 11.2. The van der Waals surface area contributed by atoms with Gasteiger partial charge >= 0.3 is 0 Å². The van der Waals surface area contributed by atoms with E-state index >= 15 is 0 Å². The summed E-state index contributed by atoms with van der Waals surface area (Å²) in [5.41, 5.74) is 12.6. The van der Waals surface area contributed by atoms with Crippen LogP contribution in [0.5, 0.6) is 0 Å². The molecule has 56 heavy (non-hydrogen) atoms.